The molecule has 1 saturated heterocycles. The molecule has 0 aliphatic carbocycles. The number of urea groups is 1. The minimum absolute atomic E-state index is 0.0567. The zero-order chi connectivity index (χ0) is 16.8. The number of nitrogens with zero attached hydrogens (tertiary/aromatic N) is 2. The van der Waals surface area contributed by atoms with E-state index in [1.54, 1.807) is 36.7 Å². The smallest absolute Gasteiger partial charge is 0.319 e. The van der Waals surface area contributed by atoms with Crippen LogP contribution in [-0.2, 0) is 6.54 Å². The molecular weight excluding hydrogens is 304 g/mol. The van der Waals surface area contributed by atoms with Crippen molar-refractivity contribution in [1.82, 2.24) is 15.2 Å². The van der Waals surface area contributed by atoms with E-state index in [9.17, 15) is 9.59 Å². The van der Waals surface area contributed by atoms with Crippen LogP contribution in [0, 0.1) is 0 Å². The van der Waals surface area contributed by atoms with Crippen molar-refractivity contribution >= 4 is 17.6 Å². The number of anilines is 1. The summed E-state index contributed by atoms with van der Waals surface area (Å²) in [4.78, 5) is 30.0. The zero-order valence-corrected chi connectivity index (χ0v) is 13.4. The number of carbonyl (C=O) groups is 2. The molecule has 1 aliphatic rings. The Bertz CT molecular complexity index is 695. The first kappa shape index (κ1) is 16.0. The average Bonchev–Trinajstić information content (AvgIpc) is 3.16. The van der Waals surface area contributed by atoms with Crippen LogP contribution in [0.15, 0.2) is 48.8 Å². The van der Waals surface area contributed by atoms with Crippen molar-refractivity contribution in [3.05, 3.63) is 59.9 Å². The second-order valence-corrected chi connectivity index (χ2v) is 5.74. The summed E-state index contributed by atoms with van der Waals surface area (Å²) in [6, 6.07) is 10.4. The molecule has 0 unspecified atom stereocenters. The molecule has 2 aromatic rings. The van der Waals surface area contributed by atoms with Gasteiger partial charge in [-0.2, -0.15) is 0 Å². The highest BCUT2D eigenvalue weighted by Crippen LogP contribution is 2.15. The molecule has 2 heterocycles. The van der Waals surface area contributed by atoms with E-state index in [2.05, 4.69) is 15.6 Å². The van der Waals surface area contributed by atoms with Crippen molar-refractivity contribution in [3.63, 3.8) is 0 Å². The lowest BCUT2D eigenvalue weighted by Gasteiger charge is -2.15. The Labute approximate surface area is 140 Å². The minimum Gasteiger partial charge on any atom is -0.339 e. The molecule has 2 N–H and O–H groups in total. The number of aromatic nitrogens is 1. The first-order valence-electron chi connectivity index (χ1n) is 8.05. The van der Waals surface area contributed by atoms with Crippen molar-refractivity contribution in [2.24, 2.45) is 0 Å². The largest absolute Gasteiger partial charge is 0.339 e. The van der Waals surface area contributed by atoms with Gasteiger partial charge in [-0.15, -0.1) is 0 Å². The molecular formula is C18H20N4O2. The van der Waals surface area contributed by atoms with E-state index >= 15 is 0 Å². The SMILES string of the molecule is O=C(NCc1ccncc1)Nc1ccc(C(=O)N2CCCC2)cc1. The number of nitrogens with one attached hydrogen (secondary N) is 2. The molecule has 124 valence electrons. The summed E-state index contributed by atoms with van der Waals surface area (Å²) in [5.41, 5.74) is 2.28. The van der Waals surface area contributed by atoms with E-state index in [1.807, 2.05) is 17.0 Å². The third-order valence-electron chi connectivity index (χ3n) is 3.99. The van der Waals surface area contributed by atoms with Crippen molar-refractivity contribution in [1.29, 1.82) is 0 Å². The molecule has 1 aliphatic heterocycles. The predicted octanol–water partition coefficient (Wildman–Crippen LogP) is 2.64. The molecule has 1 fully saturated rings. The average molecular weight is 324 g/mol. The molecule has 1 aromatic carbocycles. The number of hydrogen-bond acceptors (Lipinski definition) is 3. The molecule has 0 bridgehead atoms. The second kappa shape index (κ2) is 7.59. The number of hydrogen-bond donors (Lipinski definition) is 2. The van der Waals surface area contributed by atoms with Crippen molar-refractivity contribution in [2.45, 2.75) is 19.4 Å². The number of likely N-dealkylation sites (tertiary alicyclic amines) is 1. The molecule has 3 amide bonds. The summed E-state index contributed by atoms with van der Waals surface area (Å²) in [6.07, 6.45) is 5.52. The highest BCUT2D eigenvalue weighted by molar-refractivity contribution is 5.95. The van der Waals surface area contributed by atoms with Gasteiger partial charge >= 0.3 is 6.03 Å². The molecule has 6 heteroatoms. The number of pyridine rings is 1. The maximum atomic E-state index is 12.3. The van der Waals surface area contributed by atoms with E-state index in [4.69, 9.17) is 0 Å². The number of rotatable bonds is 4. The van der Waals surface area contributed by atoms with Gasteiger partial charge in [0.1, 0.15) is 0 Å². The van der Waals surface area contributed by atoms with Gasteiger partial charge in [0.2, 0.25) is 0 Å². The fourth-order valence-electron chi connectivity index (χ4n) is 2.66. The Morgan fingerprint density at radius 1 is 1.00 bits per heavy atom. The Morgan fingerprint density at radius 3 is 2.33 bits per heavy atom. The van der Waals surface area contributed by atoms with E-state index in [0.29, 0.717) is 17.8 Å². The molecule has 0 atom stereocenters. The molecule has 0 radical (unpaired) electrons. The molecule has 1 aromatic heterocycles. The summed E-state index contributed by atoms with van der Waals surface area (Å²) in [7, 11) is 0. The van der Waals surface area contributed by atoms with Crippen LogP contribution in [-0.4, -0.2) is 34.9 Å². The van der Waals surface area contributed by atoms with Crippen molar-refractivity contribution in [2.75, 3.05) is 18.4 Å². The summed E-state index contributed by atoms with van der Waals surface area (Å²) in [6.45, 7) is 2.09. The number of benzene rings is 1. The fourth-order valence-corrected chi connectivity index (χ4v) is 2.66. The quantitative estimate of drug-likeness (QED) is 0.908. The van der Waals surface area contributed by atoms with Gasteiger partial charge < -0.3 is 15.5 Å². The molecule has 0 saturated carbocycles. The second-order valence-electron chi connectivity index (χ2n) is 5.74. The summed E-state index contributed by atoms with van der Waals surface area (Å²) < 4.78 is 0. The summed E-state index contributed by atoms with van der Waals surface area (Å²) in [5.74, 6) is 0.0567. The lowest BCUT2D eigenvalue weighted by Crippen LogP contribution is -2.28. The van der Waals surface area contributed by atoms with E-state index in [1.165, 1.54) is 0 Å². The Morgan fingerprint density at radius 2 is 1.67 bits per heavy atom. The molecule has 3 rings (SSSR count). The van der Waals surface area contributed by atoms with Crippen LogP contribution in [0.5, 0.6) is 0 Å². The van der Waals surface area contributed by atoms with Gasteiger partial charge in [-0.05, 0) is 54.8 Å². The van der Waals surface area contributed by atoms with Crippen molar-refractivity contribution in [3.8, 4) is 0 Å². The highest BCUT2D eigenvalue weighted by Gasteiger charge is 2.19. The Kier molecular flexibility index (Phi) is 5.05. The molecule has 6 nitrogen and oxygen atoms in total. The summed E-state index contributed by atoms with van der Waals surface area (Å²) >= 11 is 0. The third kappa shape index (κ3) is 4.10. The molecule has 0 spiro atoms. The monoisotopic (exact) mass is 324 g/mol. The standard InChI is InChI=1S/C18H20N4O2/c23-17(22-11-1-2-12-22)15-3-5-16(6-4-15)21-18(24)20-13-14-7-9-19-10-8-14/h3-10H,1-2,11-13H2,(H2,20,21,24). The van der Waals surface area contributed by atoms with Crippen molar-refractivity contribution < 1.29 is 9.59 Å². The van der Waals surface area contributed by atoms with E-state index in [-0.39, 0.29) is 11.9 Å². The number of carbonyl (C=O) groups excluding carboxylic acids is 2. The highest BCUT2D eigenvalue weighted by atomic mass is 16.2. The predicted molar refractivity (Wildman–Crippen MR) is 91.7 cm³/mol. The lowest BCUT2D eigenvalue weighted by atomic mass is 10.2. The van der Waals surface area contributed by atoms with E-state index in [0.717, 1.165) is 31.5 Å². The Balaban J connectivity index is 1.52. The van der Waals surface area contributed by atoms with Gasteiger partial charge in [-0.25, -0.2) is 4.79 Å². The maximum Gasteiger partial charge on any atom is 0.319 e. The normalized spacial score (nSPS) is 13.6. The fraction of sp³-hybridized carbons (Fsp3) is 0.278. The third-order valence-corrected chi connectivity index (χ3v) is 3.99. The van der Waals surface area contributed by atoms with E-state index < -0.39 is 0 Å². The molecule has 24 heavy (non-hydrogen) atoms. The van der Waals surface area contributed by atoms with Crippen LogP contribution < -0.4 is 10.6 Å². The van der Waals surface area contributed by atoms with Crippen LogP contribution in [0.25, 0.3) is 0 Å². The summed E-state index contributed by atoms with van der Waals surface area (Å²) in [5, 5.41) is 5.53. The topological polar surface area (TPSA) is 74.3 Å². The van der Waals surface area contributed by atoms with Gasteiger partial charge in [0.05, 0.1) is 0 Å². The zero-order valence-electron chi connectivity index (χ0n) is 13.4. The van der Waals surface area contributed by atoms with Crippen LogP contribution in [0.2, 0.25) is 0 Å². The Hall–Kier alpha value is -2.89. The van der Waals surface area contributed by atoms with Crippen LogP contribution in [0.1, 0.15) is 28.8 Å². The first-order chi connectivity index (χ1) is 11.7. The van der Waals surface area contributed by atoms with Crippen LogP contribution in [0.4, 0.5) is 10.5 Å². The maximum absolute atomic E-state index is 12.3. The first-order valence-corrected chi connectivity index (χ1v) is 8.05. The van der Waals surface area contributed by atoms with Gasteiger partial charge in [-0.3, -0.25) is 9.78 Å². The van der Waals surface area contributed by atoms with Gasteiger partial charge in [0.15, 0.2) is 0 Å². The van der Waals surface area contributed by atoms with Crippen LogP contribution in [0.3, 0.4) is 0 Å². The van der Waals surface area contributed by atoms with Gasteiger partial charge in [0.25, 0.3) is 5.91 Å². The van der Waals surface area contributed by atoms with Crippen LogP contribution >= 0.6 is 0 Å². The van der Waals surface area contributed by atoms with Gasteiger partial charge in [-0.1, -0.05) is 0 Å². The minimum atomic E-state index is -0.287. The van der Waals surface area contributed by atoms with Gasteiger partial charge in [0, 0.05) is 43.3 Å². The lowest BCUT2D eigenvalue weighted by molar-refractivity contribution is 0.0793. The number of amides is 3.